The van der Waals surface area contributed by atoms with E-state index in [0.29, 0.717) is 0 Å². The highest BCUT2D eigenvalue weighted by molar-refractivity contribution is 6.66. The molecule has 0 heterocycles. The van der Waals surface area contributed by atoms with Gasteiger partial charge in [-0.25, -0.2) is 8.78 Å². The van der Waals surface area contributed by atoms with Gasteiger partial charge in [0.05, 0.1) is 0 Å². The molecule has 0 radical (unpaired) electrons. The summed E-state index contributed by atoms with van der Waals surface area (Å²) in [6.45, 7) is 4.74. The van der Waals surface area contributed by atoms with Gasteiger partial charge >= 0.3 is 6.92 Å². The summed E-state index contributed by atoms with van der Waals surface area (Å²) < 4.78 is 31.8. The third kappa shape index (κ3) is 2.55. The van der Waals surface area contributed by atoms with Crippen LogP contribution in [0.3, 0.4) is 0 Å². The molecule has 0 amide bonds. The molecule has 0 atom stereocenters. The van der Waals surface area contributed by atoms with Crippen LogP contribution in [0.5, 0.6) is 0 Å². The molecule has 0 aliphatic carbocycles. The predicted octanol–water partition coefficient (Wildman–Crippen LogP) is 2.22. The van der Waals surface area contributed by atoms with E-state index in [2.05, 4.69) is 0 Å². The summed E-state index contributed by atoms with van der Waals surface area (Å²) in [6, 6.07) is 3.81. The number of rotatable bonds is 3. The molecule has 0 aliphatic heterocycles. The van der Waals surface area contributed by atoms with Gasteiger partial charge in [0.25, 0.3) is 0 Å². The fraction of sp³-hybridized carbons (Fsp3) is 0.400. The fourth-order valence-corrected chi connectivity index (χ4v) is 1.38. The van der Waals surface area contributed by atoms with E-state index in [1.165, 1.54) is 18.2 Å². The van der Waals surface area contributed by atoms with Gasteiger partial charge < -0.3 is 4.65 Å². The van der Waals surface area contributed by atoms with Crippen molar-refractivity contribution in [3.63, 3.8) is 0 Å². The van der Waals surface area contributed by atoms with Gasteiger partial charge in [-0.1, -0.05) is 12.9 Å². The minimum atomic E-state index is -0.559. The molecule has 1 aromatic carbocycles. The number of benzene rings is 1. The number of hydrogen-bond acceptors (Lipinski definition) is 1. The van der Waals surface area contributed by atoms with Crippen LogP contribution < -0.4 is 5.46 Å². The summed E-state index contributed by atoms with van der Waals surface area (Å²) in [6.07, 6.45) is -0.0518. The van der Waals surface area contributed by atoms with Crippen molar-refractivity contribution in [3.05, 3.63) is 29.8 Å². The van der Waals surface area contributed by atoms with Crippen LogP contribution in [0.15, 0.2) is 18.2 Å². The second-order valence-corrected chi connectivity index (χ2v) is 3.46. The van der Waals surface area contributed by atoms with Gasteiger partial charge in [0, 0.05) is 11.6 Å². The highest BCUT2D eigenvalue weighted by Gasteiger charge is 2.21. The lowest BCUT2D eigenvalue weighted by molar-refractivity contribution is 0.249. The first-order chi connectivity index (χ1) is 6.52. The molecule has 0 fully saturated rings. The smallest absolute Gasteiger partial charge is 0.329 e. The van der Waals surface area contributed by atoms with Crippen LogP contribution in [0.1, 0.15) is 13.8 Å². The summed E-state index contributed by atoms with van der Waals surface area (Å²) in [5.74, 6) is -1.11. The lowest BCUT2D eigenvalue weighted by atomic mass is 9.63. The van der Waals surface area contributed by atoms with E-state index in [1.807, 2.05) is 13.8 Å². The number of hydrogen-bond donors (Lipinski definition) is 0. The van der Waals surface area contributed by atoms with Crippen LogP contribution in [0.2, 0.25) is 6.82 Å². The molecular weight excluding hydrogens is 185 g/mol. The van der Waals surface area contributed by atoms with Crippen molar-refractivity contribution < 1.29 is 13.4 Å². The van der Waals surface area contributed by atoms with Crippen LogP contribution in [0.25, 0.3) is 0 Å². The zero-order chi connectivity index (χ0) is 10.7. The van der Waals surface area contributed by atoms with Crippen LogP contribution in [-0.2, 0) is 4.65 Å². The van der Waals surface area contributed by atoms with Gasteiger partial charge in [-0.2, -0.15) is 0 Å². The van der Waals surface area contributed by atoms with Crippen LogP contribution >= 0.6 is 0 Å². The lowest BCUT2D eigenvalue weighted by Gasteiger charge is -2.14. The van der Waals surface area contributed by atoms with Crippen LogP contribution in [0, 0.1) is 11.6 Å². The Kier molecular flexibility index (Phi) is 3.64. The van der Waals surface area contributed by atoms with Gasteiger partial charge in [-0.05, 0) is 26.0 Å². The van der Waals surface area contributed by atoms with Crippen molar-refractivity contribution >= 4 is 12.4 Å². The minimum absolute atomic E-state index is 0.00111. The van der Waals surface area contributed by atoms with E-state index < -0.39 is 18.6 Å². The molecule has 1 nitrogen and oxygen atoms in total. The topological polar surface area (TPSA) is 9.23 Å². The molecular formula is C10H13BF2O. The van der Waals surface area contributed by atoms with Gasteiger partial charge in [0.15, 0.2) is 0 Å². The molecule has 1 aromatic rings. The Labute approximate surface area is 83.2 Å². The Hall–Kier alpha value is -0.895. The Morgan fingerprint density at radius 1 is 1.21 bits per heavy atom. The summed E-state index contributed by atoms with van der Waals surface area (Å²) in [5, 5.41) is 0. The molecule has 1 rings (SSSR count). The van der Waals surface area contributed by atoms with E-state index in [-0.39, 0.29) is 11.6 Å². The zero-order valence-electron chi connectivity index (χ0n) is 8.55. The van der Waals surface area contributed by atoms with Crippen molar-refractivity contribution in [2.45, 2.75) is 26.8 Å². The second-order valence-electron chi connectivity index (χ2n) is 3.46. The molecule has 0 spiro atoms. The monoisotopic (exact) mass is 198 g/mol. The molecule has 0 N–H and O–H groups in total. The molecule has 0 aromatic heterocycles. The quantitative estimate of drug-likeness (QED) is 0.676. The maximum absolute atomic E-state index is 13.2. The van der Waals surface area contributed by atoms with Gasteiger partial charge in [0.1, 0.15) is 11.6 Å². The summed E-state index contributed by atoms with van der Waals surface area (Å²) in [7, 11) is 0. The first kappa shape index (κ1) is 11.2. The Morgan fingerprint density at radius 2 is 1.71 bits per heavy atom. The summed E-state index contributed by atoms with van der Waals surface area (Å²) >= 11 is 0. The molecule has 4 heteroatoms. The van der Waals surface area contributed by atoms with Crippen molar-refractivity contribution in [3.8, 4) is 0 Å². The molecule has 76 valence electrons. The molecule has 0 saturated heterocycles. The lowest BCUT2D eigenvalue weighted by Crippen LogP contribution is -2.37. The third-order valence-electron chi connectivity index (χ3n) is 1.88. The average molecular weight is 198 g/mol. The van der Waals surface area contributed by atoms with E-state index >= 15 is 0 Å². The number of halogens is 2. The Balaban J connectivity index is 2.94. The van der Waals surface area contributed by atoms with Crippen molar-refractivity contribution in [2.75, 3.05) is 0 Å². The molecule has 0 saturated carbocycles. The first-order valence-corrected chi connectivity index (χ1v) is 4.61. The van der Waals surface area contributed by atoms with Crippen LogP contribution in [-0.4, -0.2) is 13.0 Å². The highest BCUT2D eigenvalue weighted by atomic mass is 19.1. The van der Waals surface area contributed by atoms with E-state index in [9.17, 15) is 8.78 Å². The SMILES string of the molecule is CB(OC(C)C)c1c(F)cccc1F. The maximum atomic E-state index is 13.2. The average Bonchev–Trinajstić information content (AvgIpc) is 2.01. The Morgan fingerprint density at radius 3 is 2.14 bits per heavy atom. The fourth-order valence-electron chi connectivity index (χ4n) is 1.38. The third-order valence-corrected chi connectivity index (χ3v) is 1.88. The first-order valence-electron chi connectivity index (χ1n) is 4.61. The standard InChI is InChI=1S/C10H13BF2O/c1-7(2)14-11(3)10-8(12)5-4-6-9(10)13/h4-7H,1-3H3. The molecule has 14 heavy (non-hydrogen) atoms. The normalized spacial score (nSPS) is 10.7. The van der Waals surface area contributed by atoms with Crippen LogP contribution in [0.4, 0.5) is 8.78 Å². The highest BCUT2D eigenvalue weighted by Crippen LogP contribution is 2.04. The molecule has 0 bridgehead atoms. The van der Waals surface area contributed by atoms with Crippen molar-refractivity contribution in [2.24, 2.45) is 0 Å². The largest absolute Gasteiger partial charge is 0.429 e. The second kappa shape index (κ2) is 4.55. The van der Waals surface area contributed by atoms with E-state index in [4.69, 9.17) is 4.65 Å². The van der Waals surface area contributed by atoms with E-state index in [0.717, 1.165) is 0 Å². The summed E-state index contributed by atoms with van der Waals surface area (Å²) in [5.41, 5.74) is 0.00111. The summed E-state index contributed by atoms with van der Waals surface area (Å²) in [4.78, 5) is 0. The van der Waals surface area contributed by atoms with Gasteiger partial charge in [0.2, 0.25) is 0 Å². The minimum Gasteiger partial charge on any atom is -0.429 e. The van der Waals surface area contributed by atoms with Gasteiger partial charge in [-0.15, -0.1) is 0 Å². The molecule has 0 aliphatic rings. The van der Waals surface area contributed by atoms with Crippen molar-refractivity contribution in [1.29, 1.82) is 0 Å². The van der Waals surface area contributed by atoms with Crippen molar-refractivity contribution in [1.82, 2.24) is 0 Å². The zero-order valence-corrected chi connectivity index (χ0v) is 8.55. The predicted molar refractivity (Wildman–Crippen MR) is 53.8 cm³/mol. The Bertz CT molecular complexity index is 295. The van der Waals surface area contributed by atoms with Gasteiger partial charge in [-0.3, -0.25) is 0 Å². The van der Waals surface area contributed by atoms with E-state index in [1.54, 1.807) is 6.82 Å². The maximum Gasteiger partial charge on any atom is 0.329 e. The molecule has 0 unspecified atom stereocenters.